The molecule has 69 heavy (non-hydrogen) atoms. The molecule has 0 N–H and O–H groups in total. The summed E-state index contributed by atoms with van der Waals surface area (Å²) < 4.78 is 8.98. The average Bonchev–Trinajstić information content (AvgIpc) is 3.97. The first-order valence-corrected chi connectivity index (χ1v) is 27.1. The van der Waals surface area contributed by atoms with Crippen LogP contribution in [0.15, 0.2) is 205 Å². The normalized spacial score (nSPS) is 11.6. The Kier molecular flexibility index (Phi) is 12.6. The van der Waals surface area contributed by atoms with E-state index in [0.29, 0.717) is 5.92 Å². The summed E-state index contributed by atoms with van der Waals surface area (Å²) in [6.07, 6.45) is 3.24. The van der Waals surface area contributed by atoms with Gasteiger partial charge in [0.15, 0.2) is 0 Å². The van der Waals surface area contributed by atoms with Crippen LogP contribution in [-0.4, -0.2) is 22.6 Å². The summed E-state index contributed by atoms with van der Waals surface area (Å²) in [5.41, 5.74) is 13.7. The number of aromatic nitrogens is 3. The van der Waals surface area contributed by atoms with Gasteiger partial charge in [0.05, 0.1) is 30.5 Å². The molecule has 0 saturated heterocycles. The molecule has 3 heterocycles. The van der Waals surface area contributed by atoms with Gasteiger partial charge in [-0.05, 0) is 62.8 Å². The van der Waals surface area contributed by atoms with Gasteiger partial charge >= 0.3 is 0 Å². The number of imidazole rings is 1. The molecular formula is C63H51IrN3OSi-2. The second-order valence-electron chi connectivity index (χ2n) is 19.1. The fourth-order valence-corrected chi connectivity index (χ4v) is 11.4. The molecule has 12 aromatic rings. The van der Waals surface area contributed by atoms with E-state index in [1.165, 1.54) is 21.5 Å². The first-order valence-electron chi connectivity index (χ1n) is 23.6. The topological polar surface area (TPSA) is 43.9 Å². The zero-order valence-electron chi connectivity index (χ0n) is 39.4. The minimum absolute atomic E-state index is 0. The Morgan fingerprint density at radius 1 is 0.580 bits per heavy atom. The number of hydrogen-bond acceptors (Lipinski definition) is 3. The van der Waals surface area contributed by atoms with Gasteiger partial charge in [-0.1, -0.05) is 196 Å². The van der Waals surface area contributed by atoms with Crippen molar-refractivity contribution < 1.29 is 24.5 Å². The summed E-state index contributed by atoms with van der Waals surface area (Å²) in [6.45, 7) is 11.7. The van der Waals surface area contributed by atoms with Crippen molar-refractivity contribution in [1.82, 2.24) is 14.5 Å². The van der Waals surface area contributed by atoms with Crippen molar-refractivity contribution >= 4 is 67.8 Å². The molecule has 0 unspecified atom stereocenters. The van der Waals surface area contributed by atoms with E-state index in [0.717, 1.165) is 101 Å². The third-order valence-corrected chi connectivity index (χ3v) is 15.0. The van der Waals surface area contributed by atoms with Gasteiger partial charge in [0.25, 0.3) is 0 Å². The Labute approximate surface area is 418 Å². The quantitative estimate of drug-likeness (QED) is 0.0865. The fraction of sp³-hybridized carbons (Fsp3) is 0.111. The van der Waals surface area contributed by atoms with Crippen LogP contribution in [0.4, 0.5) is 0 Å². The van der Waals surface area contributed by atoms with Crippen LogP contribution in [0.1, 0.15) is 19.4 Å². The second-order valence-corrected chi connectivity index (χ2v) is 24.1. The van der Waals surface area contributed by atoms with Gasteiger partial charge in [-0.15, -0.1) is 54.1 Å². The maximum Gasteiger partial charge on any atom is 0.120 e. The minimum atomic E-state index is -1.34. The molecule has 0 spiro atoms. The molecule has 0 atom stereocenters. The molecule has 0 aliphatic rings. The van der Waals surface area contributed by atoms with Crippen LogP contribution in [0.3, 0.4) is 0 Å². The average molecular weight is 1090 g/mol. The molecule has 3 aromatic heterocycles. The molecular weight excluding hydrogens is 1040 g/mol. The Hall–Kier alpha value is -7.21. The van der Waals surface area contributed by atoms with E-state index in [9.17, 15) is 0 Å². The number of nitrogens with zero attached hydrogens (tertiary/aromatic N) is 3. The Balaban J connectivity index is 0.000000223. The summed E-state index contributed by atoms with van der Waals surface area (Å²) in [6, 6.07) is 74.8. The van der Waals surface area contributed by atoms with Gasteiger partial charge in [-0.3, -0.25) is 4.98 Å². The molecule has 0 aliphatic heterocycles. The maximum absolute atomic E-state index is 6.62. The van der Waals surface area contributed by atoms with Gasteiger partial charge < -0.3 is 14.0 Å². The first kappa shape index (κ1) is 45.6. The molecule has 0 bridgehead atoms. The molecule has 0 saturated carbocycles. The van der Waals surface area contributed by atoms with Crippen molar-refractivity contribution in [2.45, 2.75) is 39.9 Å². The Morgan fingerprint density at radius 2 is 1.22 bits per heavy atom. The van der Waals surface area contributed by atoms with Gasteiger partial charge in [-0.2, -0.15) is 0 Å². The van der Waals surface area contributed by atoms with Crippen molar-refractivity contribution in [3.8, 4) is 50.6 Å². The van der Waals surface area contributed by atoms with E-state index in [1.807, 2.05) is 36.4 Å². The standard InChI is InChI=1S/C45H27N2O.C18H24NSi.Ir/c1-3-14-29(15-4-1)31-26-27-32(30-16-5-2-6-17-30)40(28-31)47-43-37-22-10-8-19-34(37)33-18-7-9-21-36(33)42(43)46-45(47)39-24-13-23-38-35-20-11-12-25-41(35)48-44(38)39;1-14(2)11-16-12-17(15-9-7-6-8-10-15)19-13-18(16)20(3,4)5;/h1-23,25-28H;6-9,12-14H,11H2,1-5H3;/q2*-1;. The monoisotopic (exact) mass is 1090 g/mol. The predicted octanol–water partition coefficient (Wildman–Crippen LogP) is 16.3. The third-order valence-electron chi connectivity index (χ3n) is 12.9. The summed E-state index contributed by atoms with van der Waals surface area (Å²) in [7, 11) is -1.34. The number of hydrogen-bond donors (Lipinski definition) is 0. The van der Waals surface area contributed by atoms with Crippen LogP contribution in [0.2, 0.25) is 19.6 Å². The van der Waals surface area contributed by atoms with E-state index in [1.54, 1.807) is 0 Å². The molecule has 4 nitrogen and oxygen atoms in total. The zero-order valence-corrected chi connectivity index (χ0v) is 42.8. The van der Waals surface area contributed by atoms with Crippen molar-refractivity contribution in [2.75, 3.05) is 0 Å². The van der Waals surface area contributed by atoms with Gasteiger partial charge in [-0.25, -0.2) is 0 Å². The SMILES string of the molecule is CC(C)Cc1cc(-c2[c-]cccc2)ncc1[Si](C)(C)C.[Ir].[c-]1ccc2c(oc3ccccc32)c1-c1nc2c3ccccc3c3ccccc3c2n1-c1cc(-c2ccccc2)ccc1-c1ccccc1. The number of pyridine rings is 1. The van der Waals surface area contributed by atoms with E-state index < -0.39 is 8.07 Å². The molecule has 12 rings (SSSR count). The number of fused-ring (bicyclic) bond motifs is 9. The van der Waals surface area contributed by atoms with Crippen molar-refractivity contribution in [3.63, 3.8) is 0 Å². The smallest absolute Gasteiger partial charge is 0.120 e. The van der Waals surface area contributed by atoms with E-state index in [4.69, 9.17) is 9.40 Å². The third kappa shape index (κ3) is 8.66. The fourth-order valence-electron chi connectivity index (χ4n) is 9.83. The molecule has 0 amide bonds. The summed E-state index contributed by atoms with van der Waals surface area (Å²) in [5.74, 6) is 1.46. The second kappa shape index (κ2) is 19.1. The number of rotatable bonds is 8. The van der Waals surface area contributed by atoms with E-state index in [2.05, 4.69) is 219 Å². The number of furan rings is 1. The van der Waals surface area contributed by atoms with Crippen molar-refractivity contribution in [2.24, 2.45) is 5.92 Å². The minimum Gasteiger partial charge on any atom is -0.501 e. The van der Waals surface area contributed by atoms with E-state index >= 15 is 0 Å². The molecule has 0 fully saturated rings. The summed E-state index contributed by atoms with van der Waals surface area (Å²) >= 11 is 0. The predicted molar refractivity (Wildman–Crippen MR) is 289 cm³/mol. The first-order chi connectivity index (χ1) is 33.2. The van der Waals surface area contributed by atoms with E-state index in [-0.39, 0.29) is 20.1 Å². The van der Waals surface area contributed by atoms with Gasteiger partial charge in [0, 0.05) is 53.7 Å². The van der Waals surface area contributed by atoms with Crippen molar-refractivity contribution in [3.05, 3.63) is 218 Å². The number of benzene rings is 9. The zero-order chi connectivity index (χ0) is 46.4. The molecule has 339 valence electrons. The molecule has 6 heteroatoms. The molecule has 0 aliphatic carbocycles. The van der Waals surface area contributed by atoms with Crippen molar-refractivity contribution in [1.29, 1.82) is 0 Å². The summed E-state index contributed by atoms with van der Waals surface area (Å²) in [4.78, 5) is 10.3. The maximum atomic E-state index is 6.62. The van der Waals surface area contributed by atoms with Crippen LogP contribution in [0.5, 0.6) is 0 Å². The van der Waals surface area contributed by atoms with Crippen LogP contribution in [0.25, 0.3) is 105 Å². The molecule has 9 aromatic carbocycles. The van der Waals surface area contributed by atoms with Crippen LogP contribution in [-0.2, 0) is 26.5 Å². The largest absolute Gasteiger partial charge is 0.501 e. The number of para-hydroxylation sites is 1. The Morgan fingerprint density at radius 3 is 1.91 bits per heavy atom. The molecule has 1 radical (unpaired) electrons. The summed E-state index contributed by atoms with van der Waals surface area (Å²) in [5, 5.41) is 8.26. The van der Waals surface area contributed by atoms with Crippen LogP contribution < -0.4 is 5.19 Å². The van der Waals surface area contributed by atoms with Gasteiger partial charge in [0.2, 0.25) is 0 Å². The van der Waals surface area contributed by atoms with Crippen LogP contribution >= 0.6 is 0 Å². The van der Waals surface area contributed by atoms with Crippen LogP contribution in [0, 0.1) is 18.1 Å². The Bertz CT molecular complexity index is 3780. The van der Waals surface area contributed by atoms with Gasteiger partial charge in [0.1, 0.15) is 5.58 Å².